The molecule has 1 heterocycles. The molecule has 1 aliphatic heterocycles. The van der Waals surface area contributed by atoms with E-state index in [-0.39, 0.29) is 6.10 Å². The van der Waals surface area contributed by atoms with Crippen molar-refractivity contribution in [1.82, 2.24) is 0 Å². The molecule has 3 nitrogen and oxygen atoms in total. The fourth-order valence-electron chi connectivity index (χ4n) is 2.90. The molecule has 0 radical (unpaired) electrons. The van der Waals surface area contributed by atoms with Crippen molar-refractivity contribution in [1.29, 1.82) is 0 Å². The summed E-state index contributed by atoms with van der Waals surface area (Å²) in [4.78, 5) is 0. The highest BCUT2D eigenvalue weighted by molar-refractivity contribution is 5.44. The molecule has 2 rings (SSSR count). The van der Waals surface area contributed by atoms with Crippen LogP contribution in [-0.4, -0.2) is 24.9 Å². The third kappa shape index (κ3) is 3.48. The molecule has 0 bridgehead atoms. The Labute approximate surface area is 115 Å². The zero-order valence-electron chi connectivity index (χ0n) is 12.1. The summed E-state index contributed by atoms with van der Waals surface area (Å²) in [6.07, 6.45) is 3.69. The van der Waals surface area contributed by atoms with Gasteiger partial charge in [0.25, 0.3) is 0 Å². The molecule has 0 aromatic heterocycles. The third-order valence-electron chi connectivity index (χ3n) is 3.81. The van der Waals surface area contributed by atoms with Gasteiger partial charge in [-0.1, -0.05) is 6.07 Å². The van der Waals surface area contributed by atoms with Crippen LogP contribution in [0.5, 0.6) is 5.75 Å². The number of hydrogen-bond donors (Lipinski definition) is 1. The third-order valence-corrected chi connectivity index (χ3v) is 3.81. The molecule has 2 atom stereocenters. The van der Waals surface area contributed by atoms with Gasteiger partial charge in [0.05, 0.1) is 19.3 Å². The Hall–Kier alpha value is -1.06. The van der Waals surface area contributed by atoms with Crippen molar-refractivity contribution in [3.05, 3.63) is 28.8 Å². The second-order valence-corrected chi connectivity index (χ2v) is 5.44. The van der Waals surface area contributed by atoms with E-state index < -0.39 is 6.10 Å². The van der Waals surface area contributed by atoms with Crippen LogP contribution in [0.4, 0.5) is 0 Å². The SMILES string of the molecule is COc1cc(C)cc(C)c1C(O)CC1CCCCO1. The number of ether oxygens (including phenoxy) is 2. The van der Waals surface area contributed by atoms with Crippen LogP contribution in [0.15, 0.2) is 12.1 Å². The van der Waals surface area contributed by atoms with Gasteiger partial charge in [0, 0.05) is 18.6 Å². The average Bonchev–Trinajstić information content (AvgIpc) is 2.38. The lowest BCUT2D eigenvalue weighted by Gasteiger charge is -2.26. The number of aryl methyl sites for hydroxylation is 2. The molecule has 1 aromatic rings. The first-order chi connectivity index (χ1) is 9.11. The van der Waals surface area contributed by atoms with Gasteiger partial charge in [0.1, 0.15) is 5.75 Å². The smallest absolute Gasteiger partial charge is 0.125 e. The lowest BCUT2D eigenvalue weighted by molar-refractivity contribution is -0.0159. The number of rotatable bonds is 4. The number of aliphatic hydroxyl groups is 1. The Morgan fingerprint density at radius 3 is 2.79 bits per heavy atom. The van der Waals surface area contributed by atoms with Gasteiger partial charge in [0.2, 0.25) is 0 Å². The Kier molecular flexibility index (Phi) is 4.83. The Morgan fingerprint density at radius 2 is 2.16 bits per heavy atom. The summed E-state index contributed by atoms with van der Waals surface area (Å²) in [5.41, 5.74) is 3.14. The van der Waals surface area contributed by atoms with E-state index >= 15 is 0 Å². The fourth-order valence-corrected chi connectivity index (χ4v) is 2.90. The van der Waals surface area contributed by atoms with E-state index in [1.807, 2.05) is 19.9 Å². The molecule has 3 heteroatoms. The molecule has 0 spiro atoms. The van der Waals surface area contributed by atoms with Crippen LogP contribution in [0.25, 0.3) is 0 Å². The van der Waals surface area contributed by atoms with Gasteiger partial charge in [-0.15, -0.1) is 0 Å². The van der Waals surface area contributed by atoms with Gasteiger partial charge >= 0.3 is 0 Å². The first-order valence-electron chi connectivity index (χ1n) is 7.06. The second kappa shape index (κ2) is 6.40. The molecule has 1 fully saturated rings. The molecule has 1 aliphatic rings. The highest BCUT2D eigenvalue weighted by atomic mass is 16.5. The molecule has 1 aromatic carbocycles. The highest BCUT2D eigenvalue weighted by Gasteiger charge is 2.23. The largest absolute Gasteiger partial charge is 0.496 e. The van der Waals surface area contributed by atoms with E-state index in [0.29, 0.717) is 6.42 Å². The molecule has 1 saturated heterocycles. The van der Waals surface area contributed by atoms with Crippen molar-refractivity contribution in [2.45, 2.75) is 51.7 Å². The molecular weight excluding hydrogens is 240 g/mol. The average molecular weight is 264 g/mol. The summed E-state index contributed by atoms with van der Waals surface area (Å²) in [6.45, 7) is 4.88. The van der Waals surface area contributed by atoms with Crippen LogP contribution in [0.2, 0.25) is 0 Å². The van der Waals surface area contributed by atoms with Crippen molar-refractivity contribution >= 4 is 0 Å². The van der Waals surface area contributed by atoms with E-state index in [1.54, 1.807) is 7.11 Å². The van der Waals surface area contributed by atoms with E-state index in [9.17, 15) is 5.11 Å². The van der Waals surface area contributed by atoms with Crippen molar-refractivity contribution in [3.8, 4) is 5.75 Å². The van der Waals surface area contributed by atoms with E-state index in [1.165, 1.54) is 6.42 Å². The van der Waals surface area contributed by atoms with Crippen LogP contribution >= 0.6 is 0 Å². The monoisotopic (exact) mass is 264 g/mol. The molecule has 1 N–H and O–H groups in total. The molecule has 0 aliphatic carbocycles. The number of aliphatic hydroxyl groups excluding tert-OH is 1. The predicted molar refractivity (Wildman–Crippen MR) is 75.6 cm³/mol. The molecule has 2 unspecified atom stereocenters. The summed E-state index contributed by atoms with van der Waals surface area (Å²) in [5.74, 6) is 0.779. The molecule has 106 valence electrons. The van der Waals surface area contributed by atoms with Gasteiger partial charge in [0.15, 0.2) is 0 Å². The number of hydrogen-bond acceptors (Lipinski definition) is 3. The van der Waals surface area contributed by atoms with Crippen molar-refractivity contribution in [3.63, 3.8) is 0 Å². The predicted octanol–water partition coefficient (Wildman–Crippen LogP) is 3.30. The summed E-state index contributed by atoms with van der Waals surface area (Å²) in [5, 5.41) is 10.5. The maximum absolute atomic E-state index is 10.5. The van der Waals surface area contributed by atoms with Crippen LogP contribution in [0.3, 0.4) is 0 Å². The first-order valence-corrected chi connectivity index (χ1v) is 7.06. The van der Waals surface area contributed by atoms with E-state index in [4.69, 9.17) is 9.47 Å². The summed E-state index contributed by atoms with van der Waals surface area (Å²) >= 11 is 0. The summed E-state index contributed by atoms with van der Waals surface area (Å²) < 4.78 is 11.1. The minimum atomic E-state index is -0.515. The quantitative estimate of drug-likeness (QED) is 0.906. The lowest BCUT2D eigenvalue weighted by Crippen LogP contribution is -2.22. The van der Waals surface area contributed by atoms with Crippen LogP contribution in [0.1, 0.15) is 48.5 Å². The maximum Gasteiger partial charge on any atom is 0.125 e. The van der Waals surface area contributed by atoms with E-state index in [2.05, 4.69) is 6.07 Å². The lowest BCUT2D eigenvalue weighted by atomic mass is 9.94. The highest BCUT2D eigenvalue weighted by Crippen LogP contribution is 2.34. The van der Waals surface area contributed by atoms with Crippen molar-refractivity contribution in [2.75, 3.05) is 13.7 Å². The first kappa shape index (κ1) is 14.4. The maximum atomic E-state index is 10.5. The minimum Gasteiger partial charge on any atom is -0.496 e. The fraction of sp³-hybridized carbons (Fsp3) is 0.625. The van der Waals surface area contributed by atoms with Crippen LogP contribution in [0, 0.1) is 13.8 Å². The molecular formula is C16H24O3. The van der Waals surface area contributed by atoms with Gasteiger partial charge in [-0.2, -0.15) is 0 Å². The zero-order valence-corrected chi connectivity index (χ0v) is 12.1. The topological polar surface area (TPSA) is 38.7 Å². The van der Waals surface area contributed by atoms with Gasteiger partial charge in [-0.25, -0.2) is 0 Å². The Morgan fingerprint density at radius 1 is 1.37 bits per heavy atom. The van der Waals surface area contributed by atoms with Crippen molar-refractivity contribution in [2.24, 2.45) is 0 Å². The second-order valence-electron chi connectivity index (χ2n) is 5.44. The standard InChI is InChI=1S/C16H24O3/c1-11-8-12(2)16(15(9-11)18-3)14(17)10-13-6-4-5-7-19-13/h8-9,13-14,17H,4-7,10H2,1-3H3. The van der Waals surface area contributed by atoms with Crippen molar-refractivity contribution < 1.29 is 14.6 Å². The molecule has 0 saturated carbocycles. The summed E-state index contributed by atoms with van der Waals surface area (Å²) in [6, 6.07) is 4.07. The number of methoxy groups -OCH3 is 1. The van der Waals surface area contributed by atoms with E-state index in [0.717, 1.165) is 41.9 Å². The Balaban J connectivity index is 2.15. The van der Waals surface area contributed by atoms with Crippen LogP contribution in [-0.2, 0) is 4.74 Å². The summed E-state index contributed by atoms with van der Waals surface area (Å²) in [7, 11) is 1.65. The van der Waals surface area contributed by atoms with Gasteiger partial charge in [-0.3, -0.25) is 0 Å². The zero-order chi connectivity index (χ0) is 13.8. The molecule has 19 heavy (non-hydrogen) atoms. The van der Waals surface area contributed by atoms with Gasteiger partial charge < -0.3 is 14.6 Å². The minimum absolute atomic E-state index is 0.175. The van der Waals surface area contributed by atoms with Crippen LogP contribution < -0.4 is 4.74 Å². The molecule has 0 amide bonds. The normalized spacial score (nSPS) is 21.2. The van der Waals surface area contributed by atoms with Gasteiger partial charge in [-0.05, 0) is 50.3 Å². The Bertz CT molecular complexity index is 422. The number of benzene rings is 1.